The summed E-state index contributed by atoms with van der Waals surface area (Å²) < 4.78 is 10.8. The van der Waals surface area contributed by atoms with Crippen molar-refractivity contribution in [3.8, 4) is 5.75 Å². The molecule has 1 saturated carbocycles. The first kappa shape index (κ1) is 11.8. The average Bonchev–Trinajstić information content (AvgIpc) is 2.84. The Morgan fingerprint density at radius 3 is 2.83 bits per heavy atom. The van der Waals surface area contributed by atoms with Crippen LogP contribution < -0.4 is 5.63 Å². The van der Waals surface area contributed by atoms with Gasteiger partial charge < -0.3 is 14.3 Å². The van der Waals surface area contributed by atoms with Crippen LogP contribution in [0.15, 0.2) is 21.3 Å². The van der Waals surface area contributed by atoms with E-state index in [9.17, 15) is 9.90 Å². The predicted octanol–water partition coefficient (Wildman–Crippen LogP) is 2.24. The highest BCUT2D eigenvalue weighted by Crippen LogP contribution is 2.53. The fraction of sp³-hybridized carbons (Fsp3) is 0.643. The second-order valence-electron chi connectivity index (χ2n) is 5.62. The summed E-state index contributed by atoms with van der Waals surface area (Å²) in [7, 11) is 0. The van der Waals surface area contributed by atoms with Gasteiger partial charge in [-0.3, -0.25) is 0 Å². The molecule has 1 aromatic rings. The zero-order chi connectivity index (χ0) is 12.6. The molecule has 18 heavy (non-hydrogen) atoms. The van der Waals surface area contributed by atoms with Crippen LogP contribution in [0, 0.1) is 5.41 Å². The quantitative estimate of drug-likeness (QED) is 0.890. The van der Waals surface area contributed by atoms with E-state index in [-0.39, 0.29) is 11.2 Å². The molecular weight excluding hydrogens is 232 g/mol. The minimum Gasteiger partial charge on any atom is -0.508 e. The zero-order valence-electron chi connectivity index (χ0n) is 10.4. The topological polar surface area (TPSA) is 59.7 Å². The van der Waals surface area contributed by atoms with Crippen molar-refractivity contribution in [3.05, 3.63) is 28.3 Å². The number of hydrogen-bond donors (Lipinski definition) is 1. The third-order valence-corrected chi connectivity index (χ3v) is 4.00. The van der Waals surface area contributed by atoms with Gasteiger partial charge in [-0.1, -0.05) is 0 Å². The monoisotopic (exact) mass is 250 g/mol. The van der Waals surface area contributed by atoms with Gasteiger partial charge in [-0.15, -0.1) is 0 Å². The van der Waals surface area contributed by atoms with Gasteiger partial charge in [-0.2, -0.15) is 0 Å². The van der Waals surface area contributed by atoms with Crippen LogP contribution in [0.25, 0.3) is 0 Å². The van der Waals surface area contributed by atoms with E-state index < -0.39 is 5.63 Å². The molecule has 2 aliphatic rings. The van der Waals surface area contributed by atoms with E-state index in [0.717, 1.165) is 51.2 Å². The maximum Gasteiger partial charge on any atom is 0.339 e. The molecule has 4 heteroatoms. The van der Waals surface area contributed by atoms with Gasteiger partial charge in [0.1, 0.15) is 11.5 Å². The molecule has 0 radical (unpaired) electrons. The number of ether oxygens (including phenoxy) is 1. The van der Waals surface area contributed by atoms with E-state index in [4.69, 9.17) is 9.15 Å². The van der Waals surface area contributed by atoms with E-state index >= 15 is 0 Å². The molecule has 0 spiro atoms. The normalized spacial score (nSPS) is 25.2. The Bertz CT molecular complexity index is 481. The van der Waals surface area contributed by atoms with Gasteiger partial charge in [-0.05, 0) is 37.5 Å². The maximum absolute atomic E-state index is 11.2. The van der Waals surface area contributed by atoms with Crippen molar-refractivity contribution < 1.29 is 14.3 Å². The summed E-state index contributed by atoms with van der Waals surface area (Å²) in [5.74, 6) is 0.588. The van der Waals surface area contributed by atoms with E-state index in [1.54, 1.807) is 6.07 Å². The molecule has 1 aromatic heterocycles. The molecular formula is C14H18O4. The van der Waals surface area contributed by atoms with Gasteiger partial charge in [0.25, 0.3) is 0 Å². The van der Waals surface area contributed by atoms with Crippen molar-refractivity contribution >= 4 is 0 Å². The van der Waals surface area contributed by atoms with Crippen LogP contribution in [0.5, 0.6) is 5.75 Å². The molecule has 0 amide bonds. The second kappa shape index (κ2) is 4.43. The molecule has 1 unspecified atom stereocenters. The standard InChI is InChI=1S/C14H18O4/c15-10-6-12(18-13(16)7-10)9-14(3-4-14)8-11-2-1-5-17-11/h6-7,11,15H,1-5,8-9H2. The lowest BCUT2D eigenvalue weighted by molar-refractivity contribution is 0.0843. The van der Waals surface area contributed by atoms with Crippen molar-refractivity contribution in [1.82, 2.24) is 0 Å². The zero-order valence-corrected chi connectivity index (χ0v) is 10.4. The summed E-state index contributed by atoms with van der Waals surface area (Å²) in [6, 6.07) is 2.65. The van der Waals surface area contributed by atoms with Gasteiger partial charge in [0.05, 0.1) is 12.2 Å². The van der Waals surface area contributed by atoms with Crippen molar-refractivity contribution in [3.63, 3.8) is 0 Å². The Morgan fingerprint density at radius 1 is 1.39 bits per heavy atom. The first-order valence-electron chi connectivity index (χ1n) is 6.60. The van der Waals surface area contributed by atoms with Crippen LogP contribution in [0.4, 0.5) is 0 Å². The Balaban J connectivity index is 1.69. The van der Waals surface area contributed by atoms with Gasteiger partial charge in [-0.25, -0.2) is 4.79 Å². The number of aromatic hydroxyl groups is 1. The molecule has 0 aromatic carbocycles. The third-order valence-electron chi connectivity index (χ3n) is 4.00. The van der Waals surface area contributed by atoms with Crippen LogP contribution in [-0.4, -0.2) is 17.8 Å². The number of rotatable bonds is 4. The first-order valence-corrected chi connectivity index (χ1v) is 6.60. The van der Waals surface area contributed by atoms with Crippen LogP contribution in [-0.2, 0) is 11.2 Å². The van der Waals surface area contributed by atoms with Gasteiger partial charge in [0.15, 0.2) is 0 Å². The summed E-state index contributed by atoms with van der Waals surface area (Å²) in [6.07, 6.45) is 6.77. The molecule has 2 fully saturated rings. The van der Waals surface area contributed by atoms with E-state index in [1.807, 2.05) is 0 Å². The summed E-state index contributed by atoms with van der Waals surface area (Å²) in [5, 5.41) is 9.41. The Labute approximate surface area is 106 Å². The summed E-state index contributed by atoms with van der Waals surface area (Å²) >= 11 is 0. The minimum absolute atomic E-state index is 0.00540. The fourth-order valence-corrected chi connectivity index (χ4v) is 2.89. The lowest BCUT2D eigenvalue weighted by Crippen LogP contribution is -2.16. The van der Waals surface area contributed by atoms with Crippen LogP contribution in [0.1, 0.15) is 37.9 Å². The summed E-state index contributed by atoms with van der Waals surface area (Å²) in [4.78, 5) is 11.2. The lowest BCUT2D eigenvalue weighted by Gasteiger charge is -2.18. The maximum atomic E-state index is 11.2. The molecule has 1 aliphatic carbocycles. The van der Waals surface area contributed by atoms with Crippen molar-refractivity contribution in [2.45, 2.75) is 44.6 Å². The second-order valence-corrected chi connectivity index (χ2v) is 5.62. The van der Waals surface area contributed by atoms with Crippen LogP contribution in [0.3, 0.4) is 0 Å². The molecule has 4 nitrogen and oxygen atoms in total. The van der Waals surface area contributed by atoms with Crippen molar-refractivity contribution in [2.75, 3.05) is 6.61 Å². The molecule has 3 rings (SSSR count). The average molecular weight is 250 g/mol. The van der Waals surface area contributed by atoms with Crippen LogP contribution >= 0.6 is 0 Å². The highest BCUT2D eigenvalue weighted by atomic mass is 16.5. The Morgan fingerprint density at radius 2 is 2.22 bits per heavy atom. The minimum atomic E-state index is -0.474. The molecule has 98 valence electrons. The highest BCUT2D eigenvalue weighted by molar-refractivity contribution is 5.20. The van der Waals surface area contributed by atoms with Gasteiger partial charge >= 0.3 is 5.63 Å². The SMILES string of the molecule is O=c1cc(O)cc(CC2(CC3CCCO3)CC2)o1. The van der Waals surface area contributed by atoms with Crippen molar-refractivity contribution in [1.29, 1.82) is 0 Å². The molecule has 1 aliphatic heterocycles. The lowest BCUT2D eigenvalue weighted by atomic mass is 9.92. The predicted molar refractivity (Wildman–Crippen MR) is 65.6 cm³/mol. The summed E-state index contributed by atoms with van der Waals surface area (Å²) in [5.41, 5.74) is -0.239. The summed E-state index contributed by atoms with van der Waals surface area (Å²) in [6.45, 7) is 0.877. The molecule has 0 bridgehead atoms. The van der Waals surface area contributed by atoms with E-state index in [0.29, 0.717) is 11.9 Å². The highest BCUT2D eigenvalue weighted by Gasteiger charge is 2.45. The third kappa shape index (κ3) is 2.58. The van der Waals surface area contributed by atoms with E-state index in [1.165, 1.54) is 0 Å². The van der Waals surface area contributed by atoms with Gasteiger partial charge in [0.2, 0.25) is 0 Å². The fourth-order valence-electron chi connectivity index (χ4n) is 2.89. The van der Waals surface area contributed by atoms with Crippen molar-refractivity contribution in [2.24, 2.45) is 5.41 Å². The molecule has 1 saturated heterocycles. The smallest absolute Gasteiger partial charge is 0.339 e. The molecule has 1 atom stereocenters. The van der Waals surface area contributed by atoms with E-state index in [2.05, 4.69) is 0 Å². The largest absolute Gasteiger partial charge is 0.508 e. The van der Waals surface area contributed by atoms with Gasteiger partial charge in [0, 0.05) is 19.1 Å². The van der Waals surface area contributed by atoms with Crippen LogP contribution in [0.2, 0.25) is 0 Å². The molecule has 2 heterocycles. The first-order chi connectivity index (χ1) is 8.65. The number of hydrogen-bond acceptors (Lipinski definition) is 4. The molecule has 1 N–H and O–H groups in total. The Kier molecular flexibility index (Phi) is 2.90. The Hall–Kier alpha value is -1.29.